The van der Waals surface area contributed by atoms with Gasteiger partial charge in [0, 0.05) is 37.2 Å². The number of nitrogens with zero attached hydrogens (tertiary/aromatic N) is 4. The fraction of sp³-hybridized carbons (Fsp3) is 0.111. The van der Waals surface area contributed by atoms with Gasteiger partial charge in [-0.2, -0.15) is 0 Å². The van der Waals surface area contributed by atoms with E-state index in [4.69, 9.17) is 11.5 Å². The molecule has 36 heavy (non-hydrogen) atoms. The molecule has 0 unspecified atom stereocenters. The highest BCUT2D eigenvalue weighted by atomic mass is 16.2. The van der Waals surface area contributed by atoms with Crippen molar-refractivity contribution in [2.75, 3.05) is 17.6 Å². The van der Waals surface area contributed by atoms with E-state index >= 15 is 0 Å². The van der Waals surface area contributed by atoms with E-state index in [-0.39, 0.29) is 18.2 Å². The van der Waals surface area contributed by atoms with Crippen LogP contribution in [0.2, 0.25) is 0 Å². The van der Waals surface area contributed by atoms with Gasteiger partial charge >= 0.3 is 0 Å². The Hall–Kier alpha value is -4.76. The monoisotopic (exact) mass is 479 g/mol. The summed E-state index contributed by atoms with van der Waals surface area (Å²) in [6.07, 6.45) is 5.03. The van der Waals surface area contributed by atoms with Crippen molar-refractivity contribution in [2.24, 2.45) is 12.8 Å². The van der Waals surface area contributed by atoms with Gasteiger partial charge in [-0.3, -0.25) is 9.59 Å². The minimum atomic E-state index is -0.492. The second-order valence-corrected chi connectivity index (χ2v) is 8.44. The number of nitrogens with one attached hydrogen (secondary N) is 1. The summed E-state index contributed by atoms with van der Waals surface area (Å²) in [7, 11) is 1.90. The Labute approximate surface area is 207 Å². The SMILES string of the molecule is Cn1cc(-c2ccc(NC(=O)c3cccn([C@@H](CN)c4ccccc4)c3=O)cc2)c2c(N)ncnc21. The molecule has 180 valence electrons. The number of benzene rings is 2. The molecule has 0 saturated carbocycles. The number of anilines is 2. The molecule has 1 amide bonds. The number of carbonyl (C=O) groups excluding carboxylic acids is 1. The molecule has 0 bridgehead atoms. The normalized spacial score (nSPS) is 11.9. The predicted octanol–water partition coefficient (Wildman–Crippen LogP) is 3.18. The first-order valence-corrected chi connectivity index (χ1v) is 11.4. The largest absolute Gasteiger partial charge is 0.383 e. The summed E-state index contributed by atoms with van der Waals surface area (Å²) >= 11 is 0. The molecular formula is C27H25N7O2. The lowest BCUT2D eigenvalue weighted by Crippen LogP contribution is -2.34. The van der Waals surface area contributed by atoms with E-state index in [1.165, 1.54) is 17.0 Å². The molecule has 5 rings (SSSR count). The van der Waals surface area contributed by atoms with E-state index in [0.29, 0.717) is 11.5 Å². The van der Waals surface area contributed by atoms with Gasteiger partial charge in [0.05, 0.1) is 11.4 Å². The number of nitrogen functional groups attached to an aromatic ring is 1. The molecule has 0 aliphatic carbocycles. The third-order valence-electron chi connectivity index (χ3n) is 6.20. The molecule has 2 aromatic carbocycles. The maximum absolute atomic E-state index is 13.2. The minimum Gasteiger partial charge on any atom is -0.383 e. The number of pyridine rings is 1. The van der Waals surface area contributed by atoms with Crippen LogP contribution in [-0.4, -0.2) is 31.6 Å². The van der Waals surface area contributed by atoms with E-state index in [0.717, 1.165) is 27.7 Å². The van der Waals surface area contributed by atoms with Crippen LogP contribution in [0.25, 0.3) is 22.2 Å². The van der Waals surface area contributed by atoms with Crippen molar-refractivity contribution in [1.29, 1.82) is 0 Å². The van der Waals surface area contributed by atoms with Gasteiger partial charge in [0.1, 0.15) is 23.4 Å². The van der Waals surface area contributed by atoms with Crippen LogP contribution in [0.1, 0.15) is 22.0 Å². The van der Waals surface area contributed by atoms with Gasteiger partial charge in [-0.05, 0) is 35.4 Å². The van der Waals surface area contributed by atoms with Crippen molar-refractivity contribution in [3.63, 3.8) is 0 Å². The number of aromatic nitrogens is 4. The highest BCUT2D eigenvalue weighted by Gasteiger charge is 2.18. The summed E-state index contributed by atoms with van der Waals surface area (Å²) in [5.74, 6) is -0.0895. The number of amides is 1. The molecular weight excluding hydrogens is 454 g/mol. The number of carbonyl (C=O) groups is 1. The number of aryl methyl sites for hydroxylation is 1. The minimum absolute atomic E-state index is 0.0370. The zero-order chi connectivity index (χ0) is 25.2. The molecule has 0 spiro atoms. The van der Waals surface area contributed by atoms with Crippen LogP contribution < -0.4 is 22.3 Å². The average molecular weight is 480 g/mol. The number of rotatable bonds is 6. The summed E-state index contributed by atoms with van der Waals surface area (Å²) in [6.45, 7) is 0.222. The van der Waals surface area contributed by atoms with Crippen molar-refractivity contribution >= 4 is 28.4 Å². The van der Waals surface area contributed by atoms with Crippen LogP contribution in [-0.2, 0) is 7.05 Å². The maximum atomic E-state index is 13.2. The fourth-order valence-electron chi connectivity index (χ4n) is 4.40. The highest BCUT2D eigenvalue weighted by molar-refractivity contribution is 6.04. The number of hydrogen-bond donors (Lipinski definition) is 3. The average Bonchev–Trinajstić information content (AvgIpc) is 3.24. The van der Waals surface area contributed by atoms with Crippen molar-refractivity contribution in [2.45, 2.75) is 6.04 Å². The van der Waals surface area contributed by atoms with Crippen LogP contribution in [0.5, 0.6) is 0 Å². The van der Waals surface area contributed by atoms with Gasteiger partial charge in [0.25, 0.3) is 11.5 Å². The summed E-state index contributed by atoms with van der Waals surface area (Å²) < 4.78 is 3.39. The zero-order valence-corrected chi connectivity index (χ0v) is 19.6. The lowest BCUT2D eigenvalue weighted by Gasteiger charge is -2.19. The second-order valence-electron chi connectivity index (χ2n) is 8.44. The zero-order valence-electron chi connectivity index (χ0n) is 19.6. The first kappa shape index (κ1) is 23.0. The number of hydrogen-bond acceptors (Lipinski definition) is 6. The molecule has 9 nitrogen and oxygen atoms in total. The van der Waals surface area contributed by atoms with Gasteiger partial charge in [0.15, 0.2) is 0 Å². The molecule has 1 atom stereocenters. The van der Waals surface area contributed by atoms with Crippen molar-refractivity contribution in [3.05, 3.63) is 107 Å². The number of nitrogens with two attached hydrogens (primary N) is 2. The second kappa shape index (κ2) is 9.47. The maximum Gasteiger partial charge on any atom is 0.264 e. The summed E-state index contributed by atoms with van der Waals surface area (Å²) in [4.78, 5) is 34.6. The van der Waals surface area contributed by atoms with Gasteiger partial charge in [-0.15, -0.1) is 0 Å². The van der Waals surface area contributed by atoms with Crippen LogP contribution >= 0.6 is 0 Å². The third-order valence-corrected chi connectivity index (χ3v) is 6.20. The van der Waals surface area contributed by atoms with E-state index < -0.39 is 11.5 Å². The lowest BCUT2D eigenvalue weighted by molar-refractivity contribution is 0.102. The Morgan fingerprint density at radius 2 is 1.78 bits per heavy atom. The van der Waals surface area contributed by atoms with E-state index in [2.05, 4.69) is 15.3 Å². The molecule has 0 aliphatic rings. The molecule has 5 N–H and O–H groups in total. The smallest absolute Gasteiger partial charge is 0.264 e. The Bertz CT molecular complexity index is 1610. The Balaban J connectivity index is 1.41. The highest BCUT2D eigenvalue weighted by Crippen LogP contribution is 2.32. The first-order chi connectivity index (χ1) is 17.5. The van der Waals surface area contributed by atoms with Crippen LogP contribution in [0.15, 0.2) is 90.2 Å². The molecule has 0 aliphatic heterocycles. The van der Waals surface area contributed by atoms with Gasteiger partial charge in [-0.1, -0.05) is 42.5 Å². The van der Waals surface area contributed by atoms with Crippen molar-refractivity contribution < 1.29 is 4.79 Å². The summed E-state index contributed by atoms with van der Waals surface area (Å²) in [5, 5.41) is 3.59. The van der Waals surface area contributed by atoms with Crippen molar-refractivity contribution in [3.8, 4) is 11.1 Å². The van der Waals surface area contributed by atoms with Gasteiger partial charge < -0.3 is 25.9 Å². The Kier molecular flexibility index (Phi) is 6.05. The fourth-order valence-corrected chi connectivity index (χ4v) is 4.40. The molecule has 3 heterocycles. The van der Waals surface area contributed by atoms with Crippen LogP contribution in [0.4, 0.5) is 11.5 Å². The Morgan fingerprint density at radius 3 is 2.50 bits per heavy atom. The molecule has 3 aromatic heterocycles. The summed E-state index contributed by atoms with van der Waals surface area (Å²) in [5.41, 5.74) is 15.7. The number of fused-ring (bicyclic) bond motifs is 1. The molecule has 0 saturated heterocycles. The lowest BCUT2D eigenvalue weighted by atomic mass is 10.1. The molecule has 0 radical (unpaired) electrons. The van der Waals surface area contributed by atoms with Crippen LogP contribution in [0, 0.1) is 0 Å². The molecule has 9 heteroatoms. The molecule has 0 fully saturated rings. The quantitative estimate of drug-likeness (QED) is 0.342. The molecule has 5 aromatic rings. The first-order valence-electron chi connectivity index (χ1n) is 11.4. The predicted molar refractivity (Wildman–Crippen MR) is 141 cm³/mol. The van der Waals surface area contributed by atoms with Crippen LogP contribution in [0.3, 0.4) is 0 Å². The standard InChI is InChI=1S/C27H25N7O2/c1-33-15-21(23-24(29)30-16-31-25(23)33)17-9-11-19(12-10-17)32-26(35)20-8-5-13-34(27(20)36)22(14-28)18-6-3-2-4-7-18/h2-13,15-16,22H,14,28H2,1H3,(H,32,35)(H2,29,30,31)/t22-/m0/s1. The van der Waals surface area contributed by atoms with E-state index in [1.807, 2.05) is 60.3 Å². The van der Waals surface area contributed by atoms with E-state index in [9.17, 15) is 9.59 Å². The topological polar surface area (TPSA) is 134 Å². The van der Waals surface area contributed by atoms with Crippen molar-refractivity contribution in [1.82, 2.24) is 19.1 Å². The third kappa shape index (κ3) is 4.12. The van der Waals surface area contributed by atoms with Gasteiger partial charge in [0.2, 0.25) is 0 Å². The van der Waals surface area contributed by atoms with E-state index in [1.54, 1.807) is 24.4 Å². The van der Waals surface area contributed by atoms with Gasteiger partial charge in [-0.25, -0.2) is 9.97 Å². The summed E-state index contributed by atoms with van der Waals surface area (Å²) in [6, 6.07) is 19.6. The Morgan fingerprint density at radius 1 is 1.03 bits per heavy atom.